The maximum atomic E-state index is 13.5. The molecule has 2 aromatic carbocycles. The summed E-state index contributed by atoms with van der Waals surface area (Å²) in [7, 11) is 4.06. The van der Waals surface area contributed by atoms with E-state index in [0.29, 0.717) is 24.2 Å². The molecule has 0 bridgehead atoms. The highest BCUT2D eigenvalue weighted by Gasteiger charge is 2.39. The molecule has 0 saturated heterocycles. The smallest absolute Gasteiger partial charge is 0.247 e. The Hall–Kier alpha value is -2.86. The standard InChI is InChI=1S/C27H37N3O3/c1-16-11-22(17(2)18(3)24(16)31)28-25(32)23-13-20-10-9-19(14-29(7)8)12-21(20)15-30(23)26(33)27(4,5)6/h9-12,23,31H,13-15H2,1-8H3,(H,28,32)/t23-/m0/s1. The predicted molar refractivity (Wildman–Crippen MR) is 132 cm³/mol. The number of amides is 2. The van der Waals surface area contributed by atoms with E-state index < -0.39 is 11.5 Å². The molecular formula is C27H37N3O3. The summed E-state index contributed by atoms with van der Waals surface area (Å²) in [4.78, 5) is 30.7. The van der Waals surface area contributed by atoms with E-state index in [2.05, 4.69) is 28.4 Å². The zero-order valence-corrected chi connectivity index (χ0v) is 21.2. The molecule has 1 aliphatic rings. The number of phenols is 1. The average Bonchev–Trinajstić information content (AvgIpc) is 2.73. The highest BCUT2D eigenvalue weighted by atomic mass is 16.3. The first-order valence-electron chi connectivity index (χ1n) is 11.5. The number of carbonyl (C=O) groups is 2. The minimum Gasteiger partial charge on any atom is -0.507 e. The number of carbonyl (C=O) groups excluding carboxylic acids is 2. The van der Waals surface area contributed by atoms with Crippen molar-refractivity contribution in [1.29, 1.82) is 0 Å². The van der Waals surface area contributed by atoms with Gasteiger partial charge in [0, 0.05) is 30.6 Å². The molecular weight excluding hydrogens is 414 g/mol. The quantitative estimate of drug-likeness (QED) is 0.679. The van der Waals surface area contributed by atoms with Gasteiger partial charge in [0.15, 0.2) is 0 Å². The molecule has 0 spiro atoms. The van der Waals surface area contributed by atoms with Crippen molar-refractivity contribution in [2.75, 3.05) is 19.4 Å². The minimum atomic E-state index is -0.599. The van der Waals surface area contributed by atoms with Gasteiger partial charge < -0.3 is 20.2 Å². The van der Waals surface area contributed by atoms with E-state index >= 15 is 0 Å². The largest absolute Gasteiger partial charge is 0.507 e. The zero-order valence-electron chi connectivity index (χ0n) is 21.2. The van der Waals surface area contributed by atoms with Crippen LogP contribution in [-0.4, -0.2) is 46.9 Å². The molecule has 0 saturated carbocycles. The topological polar surface area (TPSA) is 72.9 Å². The SMILES string of the molecule is Cc1cc(NC(=O)[C@@H]2Cc3ccc(CN(C)C)cc3CN2C(=O)C(C)(C)C)c(C)c(C)c1O. The maximum absolute atomic E-state index is 13.5. The first kappa shape index (κ1) is 24.8. The Morgan fingerprint density at radius 3 is 2.36 bits per heavy atom. The molecule has 1 aliphatic heterocycles. The Kier molecular flexibility index (Phi) is 6.89. The number of benzene rings is 2. The molecule has 2 amide bonds. The lowest BCUT2D eigenvalue weighted by atomic mass is 9.87. The Morgan fingerprint density at radius 1 is 1.09 bits per heavy atom. The fraction of sp³-hybridized carbons (Fsp3) is 0.481. The number of phenolic OH excluding ortho intramolecular Hbond substituents is 1. The van der Waals surface area contributed by atoms with Crippen LogP contribution in [0.1, 0.15) is 54.2 Å². The number of hydrogen-bond donors (Lipinski definition) is 2. The highest BCUT2D eigenvalue weighted by molar-refractivity contribution is 5.99. The van der Waals surface area contributed by atoms with E-state index in [1.54, 1.807) is 11.0 Å². The van der Waals surface area contributed by atoms with Crippen LogP contribution >= 0.6 is 0 Å². The molecule has 0 unspecified atom stereocenters. The van der Waals surface area contributed by atoms with Crippen LogP contribution in [0.25, 0.3) is 0 Å². The van der Waals surface area contributed by atoms with Crippen molar-refractivity contribution < 1.29 is 14.7 Å². The monoisotopic (exact) mass is 451 g/mol. The molecule has 0 aromatic heterocycles. The van der Waals surface area contributed by atoms with Crippen LogP contribution in [0, 0.1) is 26.2 Å². The summed E-state index contributed by atoms with van der Waals surface area (Å²) in [5.74, 6) is -0.000493. The second-order valence-corrected chi connectivity index (χ2v) is 10.6. The van der Waals surface area contributed by atoms with Gasteiger partial charge in [-0.1, -0.05) is 39.0 Å². The summed E-state index contributed by atoms with van der Waals surface area (Å²) in [5, 5.41) is 13.3. The van der Waals surface area contributed by atoms with Gasteiger partial charge in [-0.05, 0) is 74.3 Å². The van der Waals surface area contributed by atoms with E-state index in [4.69, 9.17) is 0 Å². The van der Waals surface area contributed by atoms with Crippen molar-refractivity contribution in [1.82, 2.24) is 9.80 Å². The van der Waals surface area contributed by atoms with Gasteiger partial charge in [-0.15, -0.1) is 0 Å². The summed E-state index contributed by atoms with van der Waals surface area (Å²) in [5.41, 5.74) is 5.74. The summed E-state index contributed by atoms with van der Waals surface area (Å²) in [6.07, 6.45) is 0.473. The molecule has 178 valence electrons. The van der Waals surface area contributed by atoms with Crippen molar-refractivity contribution in [3.8, 4) is 5.75 Å². The summed E-state index contributed by atoms with van der Waals surface area (Å²) in [6.45, 7) is 12.4. The van der Waals surface area contributed by atoms with Gasteiger partial charge in [-0.2, -0.15) is 0 Å². The van der Waals surface area contributed by atoms with E-state index in [0.717, 1.165) is 28.8 Å². The number of aromatic hydroxyl groups is 1. The fourth-order valence-corrected chi connectivity index (χ4v) is 4.39. The van der Waals surface area contributed by atoms with E-state index in [-0.39, 0.29) is 17.6 Å². The zero-order chi connectivity index (χ0) is 24.7. The van der Waals surface area contributed by atoms with Gasteiger partial charge in [0.2, 0.25) is 11.8 Å². The normalized spacial score (nSPS) is 16.0. The van der Waals surface area contributed by atoms with Crippen molar-refractivity contribution in [2.45, 2.75) is 67.1 Å². The lowest BCUT2D eigenvalue weighted by Gasteiger charge is -2.39. The van der Waals surface area contributed by atoms with Crippen molar-refractivity contribution in [3.63, 3.8) is 0 Å². The van der Waals surface area contributed by atoms with Gasteiger partial charge in [-0.25, -0.2) is 0 Å². The molecule has 6 nitrogen and oxygen atoms in total. The Balaban J connectivity index is 1.96. The van der Waals surface area contributed by atoms with Gasteiger partial charge in [0.1, 0.15) is 11.8 Å². The third kappa shape index (κ3) is 5.22. The van der Waals surface area contributed by atoms with Crippen LogP contribution in [0.15, 0.2) is 24.3 Å². The number of nitrogens with zero attached hydrogens (tertiary/aromatic N) is 2. The molecule has 1 heterocycles. The number of anilines is 1. The molecule has 0 fully saturated rings. The van der Waals surface area contributed by atoms with Crippen molar-refractivity contribution in [2.24, 2.45) is 5.41 Å². The Bertz CT molecular complexity index is 1080. The van der Waals surface area contributed by atoms with Gasteiger partial charge >= 0.3 is 0 Å². The highest BCUT2D eigenvalue weighted by Crippen LogP contribution is 2.33. The molecule has 0 aliphatic carbocycles. The maximum Gasteiger partial charge on any atom is 0.247 e. The molecule has 33 heavy (non-hydrogen) atoms. The molecule has 0 radical (unpaired) electrons. The van der Waals surface area contributed by atoms with Crippen LogP contribution in [0.2, 0.25) is 0 Å². The third-order valence-corrected chi connectivity index (χ3v) is 6.42. The number of aryl methyl sites for hydroxylation is 1. The van der Waals surface area contributed by atoms with Crippen LogP contribution in [-0.2, 0) is 29.1 Å². The molecule has 6 heteroatoms. The second-order valence-electron chi connectivity index (χ2n) is 10.6. The van der Waals surface area contributed by atoms with E-state index in [9.17, 15) is 14.7 Å². The van der Waals surface area contributed by atoms with E-state index in [1.807, 2.05) is 55.6 Å². The van der Waals surface area contributed by atoms with Gasteiger partial charge in [0.05, 0.1) is 0 Å². The molecule has 3 rings (SSSR count). The lowest BCUT2D eigenvalue weighted by Crippen LogP contribution is -2.53. The summed E-state index contributed by atoms with van der Waals surface area (Å²) in [6, 6.07) is 7.54. The van der Waals surface area contributed by atoms with Crippen molar-refractivity contribution >= 4 is 17.5 Å². The molecule has 2 aromatic rings. The Morgan fingerprint density at radius 2 is 1.76 bits per heavy atom. The number of hydrogen-bond acceptors (Lipinski definition) is 4. The minimum absolute atomic E-state index is 0.0406. The first-order chi connectivity index (χ1) is 15.3. The van der Waals surface area contributed by atoms with Crippen LogP contribution in [0.4, 0.5) is 5.69 Å². The average molecular weight is 452 g/mol. The predicted octanol–water partition coefficient (Wildman–Crippen LogP) is 4.32. The fourth-order valence-electron chi connectivity index (χ4n) is 4.39. The first-order valence-corrected chi connectivity index (χ1v) is 11.5. The second kappa shape index (κ2) is 9.18. The van der Waals surface area contributed by atoms with Crippen LogP contribution in [0.5, 0.6) is 5.75 Å². The summed E-state index contributed by atoms with van der Waals surface area (Å²) < 4.78 is 0. The number of fused-ring (bicyclic) bond motifs is 1. The van der Waals surface area contributed by atoms with Crippen molar-refractivity contribution in [3.05, 3.63) is 57.6 Å². The molecule has 1 atom stereocenters. The molecule has 2 N–H and O–H groups in total. The number of nitrogens with one attached hydrogen (secondary N) is 1. The van der Waals surface area contributed by atoms with Crippen LogP contribution in [0.3, 0.4) is 0 Å². The van der Waals surface area contributed by atoms with Gasteiger partial charge in [0.25, 0.3) is 0 Å². The van der Waals surface area contributed by atoms with Gasteiger partial charge in [-0.3, -0.25) is 9.59 Å². The van der Waals surface area contributed by atoms with E-state index in [1.165, 1.54) is 5.56 Å². The summed E-state index contributed by atoms with van der Waals surface area (Å²) >= 11 is 0. The third-order valence-electron chi connectivity index (χ3n) is 6.42. The Labute approximate surface area is 197 Å². The lowest BCUT2D eigenvalue weighted by molar-refractivity contribution is -0.146. The number of rotatable bonds is 4. The van der Waals surface area contributed by atoms with Crippen LogP contribution < -0.4 is 5.32 Å².